The zero-order valence-electron chi connectivity index (χ0n) is 9.98. The van der Waals surface area contributed by atoms with Crippen molar-refractivity contribution in [3.8, 4) is 10.7 Å². The van der Waals surface area contributed by atoms with Crippen molar-refractivity contribution in [2.75, 3.05) is 0 Å². The van der Waals surface area contributed by atoms with E-state index in [0.29, 0.717) is 12.2 Å². The lowest BCUT2D eigenvalue weighted by Crippen LogP contribution is -2.21. The third kappa shape index (κ3) is 2.56. The van der Waals surface area contributed by atoms with Gasteiger partial charge in [0.25, 0.3) is 0 Å². The average Bonchev–Trinajstić information content (AvgIpc) is 2.99. The summed E-state index contributed by atoms with van der Waals surface area (Å²) in [6.45, 7) is 2.03. The number of tetrazole rings is 1. The summed E-state index contributed by atoms with van der Waals surface area (Å²) < 4.78 is 1.41. The normalized spacial score (nSPS) is 12.5. The van der Waals surface area contributed by atoms with Crippen LogP contribution < -0.4 is 0 Å². The topological polar surface area (TPSA) is 80.9 Å². The van der Waals surface area contributed by atoms with Crippen LogP contribution in [0.4, 0.5) is 0 Å². The van der Waals surface area contributed by atoms with Crippen molar-refractivity contribution in [3.63, 3.8) is 0 Å². The molecule has 0 aromatic carbocycles. The first-order chi connectivity index (χ1) is 8.74. The van der Waals surface area contributed by atoms with E-state index in [1.807, 2.05) is 24.4 Å². The molecule has 6 nitrogen and oxygen atoms in total. The smallest absolute Gasteiger partial charge is 0.328 e. The third-order valence-electron chi connectivity index (χ3n) is 2.65. The van der Waals surface area contributed by atoms with Gasteiger partial charge < -0.3 is 5.11 Å². The molecule has 18 heavy (non-hydrogen) atoms. The molecule has 7 heteroatoms. The van der Waals surface area contributed by atoms with Gasteiger partial charge in [0.05, 0.1) is 4.88 Å². The van der Waals surface area contributed by atoms with E-state index in [2.05, 4.69) is 15.5 Å². The molecule has 0 aliphatic heterocycles. The van der Waals surface area contributed by atoms with E-state index in [1.54, 1.807) is 0 Å². The summed E-state index contributed by atoms with van der Waals surface area (Å²) in [4.78, 5) is 12.2. The van der Waals surface area contributed by atoms with E-state index in [-0.39, 0.29) is 0 Å². The zero-order valence-corrected chi connectivity index (χ0v) is 10.8. The summed E-state index contributed by atoms with van der Waals surface area (Å²) in [6, 6.07) is 3.07. The van der Waals surface area contributed by atoms with Crippen LogP contribution in [-0.4, -0.2) is 31.3 Å². The number of nitrogens with zero attached hydrogens (tertiary/aromatic N) is 4. The Labute approximate surface area is 108 Å². The number of hydrogen-bond acceptors (Lipinski definition) is 5. The summed E-state index contributed by atoms with van der Waals surface area (Å²) in [5, 5.41) is 22.5. The summed E-state index contributed by atoms with van der Waals surface area (Å²) in [7, 11) is 0. The molecular weight excluding hydrogens is 252 g/mol. The fraction of sp³-hybridized carbons (Fsp3) is 0.455. The molecule has 0 spiro atoms. The number of hydrogen-bond donors (Lipinski definition) is 1. The molecule has 1 atom stereocenters. The van der Waals surface area contributed by atoms with Crippen molar-refractivity contribution in [2.24, 2.45) is 0 Å². The van der Waals surface area contributed by atoms with Crippen LogP contribution in [0.5, 0.6) is 0 Å². The monoisotopic (exact) mass is 266 g/mol. The molecule has 1 unspecified atom stereocenters. The van der Waals surface area contributed by atoms with Gasteiger partial charge >= 0.3 is 5.97 Å². The molecule has 0 radical (unpaired) electrons. The molecule has 0 saturated heterocycles. The number of carboxylic acid groups (broad SMARTS) is 1. The highest BCUT2D eigenvalue weighted by molar-refractivity contribution is 7.13. The highest BCUT2D eigenvalue weighted by Gasteiger charge is 2.24. The van der Waals surface area contributed by atoms with E-state index < -0.39 is 12.0 Å². The molecule has 1 N–H and O–H groups in total. The molecule has 0 saturated carbocycles. The van der Waals surface area contributed by atoms with Crippen molar-refractivity contribution in [1.29, 1.82) is 0 Å². The molecule has 0 aliphatic rings. The summed E-state index contributed by atoms with van der Waals surface area (Å²) >= 11 is 1.49. The summed E-state index contributed by atoms with van der Waals surface area (Å²) in [6.07, 6.45) is 2.32. The Morgan fingerprint density at radius 2 is 2.44 bits per heavy atom. The maximum Gasteiger partial charge on any atom is 0.328 e. The fourth-order valence-electron chi connectivity index (χ4n) is 1.72. The molecule has 2 rings (SSSR count). The number of carboxylic acids is 1. The van der Waals surface area contributed by atoms with Gasteiger partial charge in [-0.2, -0.15) is 0 Å². The van der Waals surface area contributed by atoms with Crippen LogP contribution in [0.2, 0.25) is 0 Å². The van der Waals surface area contributed by atoms with Crippen LogP contribution in [0.1, 0.15) is 32.2 Å². The van der Waals surface area contributed by atoms with Gasteiger partial charge in [0.15, 0.2) is 11.9 Å². The van der Waals surface area contributed by atoms with Crippen molar-refractivity contribution < 1.29 is 9.90 Å². The Bertz CT molecular complexity index is 509. The second kappa shape index (κ2) is 5.72. The Morgan fingerprint density at radius 1 is 1.61 bits per heavy atom. The van der Waals surface area contributed by atoms with Crippen molar-refractivity contribution in [2.45, 2.75) is 32.2 Å². The first-order valence-electron chi connectivity index (χ1n) is 5.78. The summed E-state index contributed by atoms with van der Waals surface area (Å²) in [5.41, 5.74) is 0. The van der Waals surface area contributed by atoms with E-state index in [0.717, 1.165) is 17.7 Å². The first-order valence-corrected chi connectivity index (χ1v) is 6.66. The average molecular weight is 266 g/mol. The number of carbonyl (C=O) groups is 1. The second-order valence-corrected chi connectivity index (χ2v) is 4.87. The van der Waals surface area contributed by atoms with Crippen LogP contribution in [0, 0.1) is 0 Å². The molecule has 0 bridgehead atoms. The minimum atomic E-state index is -0.895. The Hall–Kier alpha value is -1.76. The molecule has 2 aromatic heterocycles. The van der Waals surface area contributed by atoms with Gasteiger partial charge in [-0.15, -0.1) is 16.4 Å². The minimum Gasteiger partial charge on any atom is -0.480 e. The molecule has 0 aliphatic carbocycles. The number of aromatic nitrogens is 4. The van der Waals surface area contributed by atoms with Gasteiger partial charge in [-0.1, -0.05) is 25.8 Å². The van der Waals surface area contributed by atoms with Crippen molar-refractivity contribution in [3.05, 3.63) is 17.5 Å². The SMILES string of the molecule is CCCCC(C(=O)O)n1nnnc1-c1cccs1. The van der Waals surface area contributed by atoms with E-state index in [4.69, 9.17) is 0 Å². The Balaban J connectivity index is 2.31. The van der Waals surface area contributed by atoms with E-state index >= 15 is 0 Å². The predicted molar refractivity (Wildman–Crippen MR) is 67.3 cm³/mol. The standard InChI is InChI=1S/C11H14N4O2S/c1-2-3-5-8(11(16)17)15-10(12-13-14-15)9-6-4-7-18-9/h4,6-8H,2-3,5H2,1H3,(H,16,17). The number of rotatable bonds is 6. The van der Waals surface area contributed by atoms with E-state index in [9.17, 15) is 9.90 Å². The van der Waals surface area contributed by atoms with Crippen LogP contribution in [0.3, 0.4) is 0 Å². The Morgan fingerprint density at radius 3 is 3.06 bits per heavy atom. The van der Waals surface area contributed by atoms with Crippen LogP contribution >= 0.6 is 11.3 Å². The van der Waals surface area contributed by atoms with Crippen LogP contribution in [0.25, 0.3) is 10.7 Å². The van der Waals surface area contributed by atoms with Crippen LogP contribution in [-0.2, 0) is 4.79 Å². The summed E-state index contributed by atoms with van der Waals surface area (Å²) in [5.74, 6) is -0.373. The molecule has 0 amide bonds. The van der Waals surface area contributed by atoms with Crippen molar-refractivity contribution in [1.82, 2.24) is 20.2 Å². The lowest BCUT2D eigenvalue weighted by atomic mass is 10.1. The van der Waals surface area contributed by atoms with Gasteiger partial charge in [-0.3, -0.25) is 0 Å². The fourth-order valence-corrected chi connectivity index (χ4v) is 2.42. The number of thiophene rings is 1. The molecular formula is C11H14N4O2S. The highest BCUT2D eigenvalue weighted by Crippen LogP contribution is 2.25. The Kier molecular flexibility index (Phi) is 4.03. The quantitative estimate of drug-likeness (QED) is 0.867. The maximum atomic E-state index is 11.3. The van der Waals surface area contributed by atoms with E-state index in [1.165, 1.54) is 16.0 Å². The van der Waals surface area contributed by atoms with Gasteiger partial charge in [-0.05, 0) is 28.3 Å². The lowest BCUT2D eigenvalue weighted by Gasteiger charge is -2.12. The number of aliphatic carboxylic acids is 1. The lowest BCUT2D eigenvalue weighted by molar-refractivity contribution is -0.141. The van der Waals surface area contributed by atoms with Crippen LogP contribution in [0.15, 0.2) is 17.5 Å². The van der Waals surface area contributed by atoms with Crippen molar-refractivity contribution >= 4 is 17.3 Å². The highest BCUT2D eigenvalue weighted by atomic mass is 32.1. The maximum absolute atomic E-state index is 11.3. The van der Waals surface area contributed by atoms with Gasteiger partial charge in [0, 0.05) is 0 Å². The third-order valence-corrected chi connectivity index (χ3v) is 3.51. The first kappa shape index (κ1) is 12.7. The van der Waals surface area contributed by atoms with Gasteiger partial charge in [-0.25, -0.2) is 9.48 Å². The van der Waals surface area contributed by atoms with Gasteiger partial charge in [0.2, 0.25) is 0 Å². The largest absolute Gasteiger partial charge is 0.480 e. The second-order valence-electron chi connectivity index (χ2n) is 3.92. The predicted octanol–water partition coefficient (Wildman–Crippen LogP) is 2.22. The number of unbranched alkanes of at least 4 members (excludes halogenated alkanes) is 1. The molecule has 0 fully saturated rings. The molecule has 2 aromatic rings. The minimum absolute atomic E-state index is 0.522. The zero-order chi connectivity index (χ0) is 13.0. The molecule has 96 valence electrons. The van der Waals surface area contributed by atoms with Gasteiger partial charge in [0.1, 0.15) is 0 Å². The molecule has 2 heterocycles.